The Morgan fingerprint density at radius 3 is 2.57 bits per heavy atom. The molecular formula is C23H38ClN3O3. The molecule has 6 nitrogen and oxygen atoms in total. The number of oxime groups is 2. The third-order valence-electron chi connectivity index (χ3n) is 9.07. The number of rotatable bonds is 3. The molecule has 0 aromatic rings. The van der Waals surface area contributed by atoms with E-state index in [1.165, 1.54) is 0 Å². The Morgan fingerprint density at radius 1 is 1.17 bits per heavy atom. The summed E-state index contributed by atoms with van der Waals surface area (Å²) in [5.74, 6) is 2.14. The van der Waals surface area contributed by atoms with E-state index in [2.05, 4.69) is 24.2 Å². The van der Waals surface area contributed by atoms with Crippen molar-refractivity contribution in [1.82, 2.24) is 0 Å². The Bertz CT molecular complexity index is 752. The van der Waals surface area contributed by atoms with Crippen molar-refractivity contribution in [1.29, 1.82) is 0 Å². The predicted molar refractivity (Wildman–Crippen MR) is 120 cm³/mol. The highest BCUT2D eigenvalue weighted by atomic mass is 35.5. The van der Waals surface area contributed by atoms with Crippen LogP contribution in [0.25, 0.3) is 0 Å². The maximum atomic E-state index is 12.6. The van der Waals surface area contributed by atoms with E-state index < -0.39 is 5.60 Å². The fourth-order valence-corrected chi connectivity index (χ4v) is 7.07. The van der Waals surface area contributed by atoms with Crippen molar-refractivity contribution in [3.8, 4) is 0 Å². The molecule has 4 rings (SSSR count). The summed E-state index contributed by atoms with van der Waals surface area (Å²) < 4.78 is 0. The lowest BCUT2D eigenvalue weighted by molar-refractivity contribution is -0.133. The van der Waals surface area contributed by atoms with E-state index in [1.54, 1.807) is 0 Å². The lowest BCUT2D eigenvalue weighted by Crippen LogP contribution is -2.56. The Balaban J connectivity index is 0.00000256. The Hall–Kier alpha value is -1.14. The fourth-order valence-electron chi connectivity index (χ4n) is 7.07. The van der Waals surface area contributed by atoms with E-state index >= 15 is 0 Å². The number of carbonyl (C=O) groups is 1. The first-order chi connectivity index (χ1) is 13.6. The monoisotopic (exact) mass is 439 g/mol. The predicted octanol–water partition coefficient (Wildman–Crippen LogP) is 4.57. The highest BCUT2D eigenvalue weighted by Gasteiger charge is 2.61. The van der Waals surface area contributed by atoms with Crippen molar-refractivity contribution in [2.24, 2.45) is 50.5 Å². The lowest BCUT2D eigenvalue weighted by atomic mass is 9.45. The smallest absolute Gasteiger partial charge is 0.144 e. The summed E-state index contributed by atoms with van der Waals surface area (Å²) in [6, 6.07) is 0. The maximum absolute atomic E-state index is 12.6. The number of fused-ring (bicyclic) bond motifs is 5. The second-order valence-electron chi connectivity index (χ2n) is 11.1. The van der Waals surface area contributed by atoms with Gasteiger partial charge in [0.05, 0.1) is 11.4 Å². The molecule has 0 aliphatic heterocycles. The van der Waals surface area contributed by atoms with Crippen molar-refractivity contribution in [2.45, 2.75) is 84.7 Å². The number of carbonyl (C=O) groups excluding carboxylic acids is 1. The number of ketones is 1. The van der Waals surface area contributed by atoms with Gasteiger partial charge in [-0.1, -0.05) is 24.2 Å². The van der Waals surface area contributed by atoms with Crippen LogP contribution in [0.15, 0.2) is 10.3 Å². The van der Waals surface area contributed by atoms with Crippen molar-refractivity contribution in [2.75, 3.05) is 6.54 Å². The first kappa shape index (κ1) is 23.5. The van der Waals surface area contributed by atoms with Crippen molar-refractivity contribution >= 4 is 29.6 Å². The average molecular weight is 440 g/mol. The molecule has 4 aliphatic carbocycles. The Labute approximate surface area is 186 Å². The Kier molecular flexibility index (Phi) is 6.34. The standard InChI is InChI=1S/C23H37N3O3.ClH/c1-21(2,13-24)29-26-14-7-9-22(3)17-8-10-23(4)16(5-6-20(23)27)15(17)12-19(25-28)18(22)11-14;/h15-18,28H,5-13,24H2,1-4H3;1H/b25-19+,26-14?;/t15-,16-,17-,18+,22+,23-;/m0./s1. The van der Waals surface area contributed by atoms with Crippen LogP contribution in [0.4, 0.5) is 0 Å². The van der Waals surface area contributed by atoms with Crippen LogP contribution in [0.1, 0.15) is 79.1 Å². The number of Topliss-reactive ketones (excluding diaryl/α,β-unsaturated/α-hetero) is 1. The van der Waals surface area contributed by atoms with Gasteiger partial charge in [-0.15, -0.1) is 12.4 Å². The van der Waals surface area contributed by atoms with Gasteiger partial charge in [0.15, 0.2) is 0 Å². The molecule has 7 heteroatoms. The number of halogens is 1. The second-order valence-corrected chi connectivity index (χ2v) is 11.1. The molecule has 0 heterocycles. The molecule has 4 fully saturated rings. The minimum Gasteiger partial charge on any atom is -0.411 e. The van der Waals surface area contributed by atoms with Gasteiger partial charge in [0, 0.05) is 24.3 Å². The van der Waals surface area contributed by atoms with Crippen LogP contribution in [-0.4, -0.2) is 34.6 Å². The SMILES string of the molecule is CC(C)(CN)ON=C1CC[C@@]2(C)[C@H](C1)/C(=N/O)C[C@@H]1[C@@H]2CC[C@]2(C)C(=O)CC[C@@H]12.Cl. The van der Waals surface area contributed by atoms with E-state index in [4.69, 9.17) is 10.6 Å². The van der Waals surface area contributed by atoms with Crippen LogP contribution >= 0.6 is 12.4 Å². The van der Waals surface area contributed by atoms with E-state index in [1.807, 2.05) is 13.8 Å². The molecule has 170 valence electrons. The fraction of sp³-hybridized carbons (Fsp3) is 0.870. The van der Waals surface area contributed by atoms with Crippen LogP contribution in [0, 0.1) is 34.5 Å². The lowest BCUT2D eigenvalue weighted by Gasteiger charge is -2.59. The van der Waals surface area contributed by atoms with Crippen LogP contribution in [0.5, 0.6) is 0 Å². The summed E-state index contributed by atoms with van der Waals surface area (Å²) in [7, 11) is 0. The van der Waals surface area contributed by atoms with Gasteiger partial charge in [0.25, 0.3) is 0 Å². The summed E-state index contributed by atoms with van der Waals surface area (Å²) in [4.78, 5) is 18.3. The molecule has 6 atom stereocenters. The van der Waals surface area contributed by atoms with Gasteiger partial charge in [-0.05, 0) is 82.0 Å². The van der Waals surface area contributed by atoms with Crippen LogP contribution < -0.4 is 5.73 Å². The first-order valence-corrected chi connectivity index (χ1v) is 11.3. The van der Waals surface area contributed by atoms with Crippen molar-refractivity contribution in [3.05, 3.63) is 0 Å². The minimum atomic E-state index is -0.470. The van der Waals surface area contributed by atoms with Crippen LogP contribution in [0.2, 0.25) is 0 Å². The molecule has 0 spiro atoms. The van der Waals surface area contributed by atoms with E-state index in [-0.39, 0.29) is 29.2 Å². The summed E-state index contributed by atoms with van der Waals surface area (Å²) in [5.41, 5.74) is 7.18. The van der Waals surface area contributed by atoms with Gasteiger partial charge in [0.1, 0.15) is 11.4 Å². The molecular weight excluding hydrogens is 402 g/mol. The van der Waals surface area contributed by atoms with Gasteiger partial charge < -0.3 is 15.8 Å². The third kappa shape index (κ3) is 3.58. The normalized spacial score (nSPS) is 43.6. The van der Waals surface area contributed by atoms with Crippen molar-refractivity contribution < 1.29 is 14.8 Å². The van der Waals surface area contributed by atoms with E-state index in [9.17, 15) is 10.0 Å². The highest BCUT2D eigenvalue weighted by molar-refractivity contribution is 5.96. The highest BCUT2D eigenvalue weighted by Crippen LogP contribution is 2.64. The molecule has 0 aromatic carbocycles. The largest absolute Gasteiger partial charge is 0.411 e. The number of hydrogen-bond acceptors (Lipinski definition) is 6. The van der Waals surface area contributed by atoms with Gasteiger partial charge in [-0.25, -0.2) is 0 Å². The molecule has 0 bridgehead atoms. The minimum absolute atomic E-state index is 0. The maximum Gasteiger partial charge on any atom is 0.144 e. The van der Waals surface area contributed by atoms with E-state index in [0.717, 1.165) is 62.8 Å². The molecule has 0 radical (unpaired) electrons. The zero-order valence-corrected chi connectivity index (χ0v) is 19.6. The molecule has 0 saturated heterocycles. The summed E-state index contributed by atoms with van der Waals surface area (Å²) in [5, 5.41) is 18.2. The molecule has 0 unspecified atom stereocenters. The summed E-state index contributed by atoms with van der Waals surface area (Å²) in [6.45, 7) is 8.88. The van der Waals surface area contributed by atoms with Gasteiger partial charge in [-0.2, -0.15) is 0 Å². The summed E-state index contributed by atoms with van der Waals surface area (Å²) >= 11 is 0. The number of nitrogens with two attached hydrogens (primary N) is 1. The number of hydrogen-bond donors (Lipinski definition) is 2. The number of nitrogens with zero attached hydrogens (tertiary/aromatic N) is 2. The van der Waals surface area contributed by atoms with Gasteiger partial charge in [-0.3, -0.25) is 4.79 Å². The average Bonchev–Trinajstić information content (AvgIpc) is 3.00. The molecule has 0 aromatic heterocycles. The van der Waals surface area contributed by atoms with E-state index in [0.29, 0.717) is 30.1 Å². The van der Waals surface area contributed by atoms with Gasteiger partial charge in [0.2, 0.25) is 0 Å². The topological polar surface area (TPSA) is 97.3 Å². The summed E-state index contributed by atoms with van der Waals surface area (Å²) in [6.07, 6.45) is 7.40. The van der Waals surface area contributed by atoms with Crippen LogP contribution in [0.3, 0.4) is 0 Å². The van der Waals surface area contributed by atoms with Crippen LogP contribution in [-0.2, 0) is 9.63 Å². The molecule has 0 amide bonds. The van der Waals surface area contributed by atoms with Crippen molar-refractivity contribution in [3.63, 3.8) is 0 Å². The molecule has 3 N–H and O–H groups in total. The van der Waals surface area contributed by atoms with Gasteiger partial charge >= 0.3 is 0 Å². The third-order valence-corrected chi connectivity index (χ3v) is 9.07. The molecule has 30 heavy (non-hydrogen) atoms. The Morgan fingerprint density at radius 2 is 1.90 bits per heavy atom. The zero-order valence-electron chi connectivity index (χ0n) is 18.8. The zero-order chi connectivity index (χ0) is 21.0. The quantitative estimate of drug-likeness (QED) is 0.497. The second kappa shape index (κ2) is 8.09. The first-order valence-electron chi connectivity index (χ1n) is 11.3. The molecule has 4 aliphatic rings. The molecule has 4 saturated carbocycles.